The van der Waals surface area contributed by atoms with E-state index in [1.807, 2.05) is 0 Å². The van der Waals surface area contributed by atoms with Gasteiger partial charge in [-0.2, -0.15) is 0 Å². The molecule has 19 heavy (non-hydrogen) atoms. The van der Waals surface area contributed by atoms with E-state index in [9.17, 15) is 13.2 Å². The fourth-order valence-electron chi connectivity index (χ4n) is 2.02. The molecule has 1 aliphatic carbocycles. The number of sulfonamides is 1. The molecule has 5 nitrogen and oxygen atoms in total. The first-order chi connectivity index (χ1) is 8.97. The molecule has 1 heterocycles. The van der Waals surface area contributed by atoms with E-state index < -0.39 is 10.0 Å². The predicted molar refractivity (Wildman–Crippen MR) is 77.6 cm³/mol. The molecule has 1 saturated carbocycles. The van der Waals surface area contributed by atoms with Crippen LogP contribution in [-0.2, 0) is 14.8 Å². The second-order valence-corrected chi connectivity index (χ2v) is 8.89. The van der Waals surface area contributed by atoms with Crippen LogP contribution < -0.4 is 10.0 Å². The van der Waals surface area contributed by atoms with E-state index in [1.54, 1.807) is 6.07 Å². The van der Waals surface area contributed by atoms with Crippen molar-refractivity contribution in [2.75, 3.05) is 6.54 Å². The Bertz CT molecular complexity index is 550. The van der Waals surface area contributed by atoms with E-state index in [-0.39, 0.29) is 22.7 Å². The Morgan fingerprint density at radius 3 is 2.63 bits per heavy atom. The third-order valence-electron chi connectivity index (χ3n) is 2.96. The first-order valence-corrected chi connectivity index (χ1v) is 9.11. The summed E-state index contributed by atoms with van der Waals surface area (Å²) < 4.78 is 27.0. The number of nitrogens with one attached hydrogen (secondary N) is 2. The third kappa shape index (κ3) is 4.27. The molecule has 0 atom stereocenters. The van der Waals surface area contributed by atoms with E-state index in [0.717, 1.165) is 40.8 Å². The van der Waals surface area contributed by atoms with Crippen LogP contribution >= 0.6 is 27.3 Å². The van der Waals surface area contributed by atoms with Gasteiger partial charge in [-0.05, 0) is 40.9 Å². The van der Waals surface area contributed by atoms with Crippen molar-refractivity contribution in [1.82, 2.24) is 10.0 Å². The van der Waals surface area contributed by atoms with Crippen LogP contribution in [0.5, 0.6) is 0 Å². The molecule has 2 N–H and O–H groups in total. The molecule has 0 aliphatic heterocycles. The van der Waals surface area contributed by atoms with Gasteiger partial charge >= 0.3 is 0 Å². The molecule has 0 radical (unpaired) electrons. The lowest BCUT2D eigenvalue weighted by molar-refractivity contribution is -0.120. The van der Waals surface area contributed by atoms with Crippen molar-refractivity contribution in [3.05, 3.63) is 15.9 Å². The Kier molecular flexibility index (Phi) is 4.99. The molecular formula is C11H15BrN2O3S2. The lowest BCUT2D eigenvalue weighted by atomic mass is 10.2. The van der Waals surface area contributed by atoms with E-state index in [2.05, 4.69) is 26.0 Å². The van der Waals surface area contributed by atoms with Crippen LogP contribution in [0.2, 0.25) is 0 Å². The zero-order valence-corrected chi connectivity index (χ0v) is 13.4. The van der Waals surface area contributed by atoms with Gasteiger partial charge in [-0.25, -0.2) is 13.1 Å². The molecule has 2 rings (SSSR count). The molecule has 1 aromatic heterocycles. The Labute approximate surface area is 125 Å². The maximum atomic E-state index is 11.9. The summed E-state index contributed by atoms with van der Waals surface area (Å²) in [6.07, 6.45) is 4.21. The van der Waals surface area contributed by atoms with Gasteiger partial charge < -0.3 is 5.32 Å². The first kappa shape index (κ1) is 15.0. The number of hydrogen-bond donors (Lipinski definition) is 2. The van der Waals surface area contributed by atoms with Crippen LogP contribution in [0.15, 0.2) is 20.1 Å². The number of thiophene rings is 1. The number of rotatable bonds is 5. The zero-order chi connectivity index (χ0) is 13.9. The normalized spacial score (nSPS) is 16.7. The van der Waals surface area contributed by atoms with Gasteiger partial charge in [0, 0.05) is 6.04 Å². The van der Waals surface area contributed by atoms with Gasteiger partial charge in [-0.3, -0.25) is 4.79 Å². The van der Waals surface area contributed by atoms with Crippen LogP contribution in [0, 0.1) is 0 Å². The smallest absolute Gasteiger partial charge is 0.250 e. The molecule has 0 spiro atoms. The Hall–Kier alpha value is -0.440. The Balaban J connectivity index is 1.85. The highest BCUT2D eigenvalue weighted by Crippen LogP contribution is 2.25. The van der Waals surface area contributed by atoms with Gasteiger partial charge in [0.2, 0.25) is 5.91 Å². The fourth-order valence-corrected chi connectivity index (χ4v) is 5.06. The summed E-state index contributed by atoms with van der Waals surface area (Å²) in [4.78, 5) is 11.6. The molecular weight excluding hydrogens is 352 g/mol. The quantitative estimate of drug-likeness (QED) is 0.834. The van der Waals surface area contributed by atoms with Crippen LogP contribution in [0.4, 0.5) is 0 Å². The molecule has 1 fully saturated rings. The zero-order valence-electron chi connectivity index (χ0n) is 10.2. The average molecular weight is 367 g/mol. The molecule has 0 aromatic carbocycles. The van der Waals surface area contributed by atoms with Crippen molar-refractivity contribution in [1.29, 1.82) is 0 Å². The maximum absolute atomic E-state index is 11.9. The lowest BCUT2D eigenvalue weighted by Gasteiger charge is -2.12. The van der Waals surface area contributed by atoms with Crippen molar-refractivity contribution < 1.29 is 13.2 Å². The topological polar surface area (TPSA) is 75.3 Å². The molecule has 0 unspecified atom stereocenters. The standard InChI is InChI=1S/C11H15BrN2O3S2/c12-9-5-6-11(18-9)19(16,17)13-7-10(15)14-8-3-1-2-4-8/h5-6,8,13H,1-4,7H2,(H,14,15). The summed E-state index contributed by atoms with van der Waals surface area (Å²) in [5, 5.41) is 2.84. The summed E-state index contributed by atoms with van der Waals surface area (Å²) in [5.41, 5.74) is 0. The molecule has 8 heteroatoms. The highest BCUT2D eigenvalue weighted by Gasteiger charge is 2.20. The Morgan fingerprint density at radius 1 is 1.37 bits per heavy atom. The fraction of sp³-hybridized carbons (Fsp3) is 0.545. The second kappa shape index (κ2) is 6.34. The maximum Gasteiger partial charge on any atom is 0.250 e. The Morgan fingerprint density at radius 2 is 2.05 bits per heavy atom. The van der Waals surface area contributed by atoms with Gasteiger partial charge in [0.05, 0.1) is 10.3 Å². The van der Waals surface area contributed by atoms with Gasteiger partial charge in [0.1, 0.15) is 4.21 Å². The van der Waals surface area contributed by atoms with Crippen molar-refractivity contribution in [2.24, 2.45) is 0 Å². The monoisotopic (exact) mass is 366 g/mol. The summed E-state index contributed by atoms with van der Waals surface area (Å²) >= 11 is 4.32. The number of hydrogen-bond acceptors (Lipinski definition) is 4. The summed E-state index contributed by atoms with van der Waals surface area (Å²) in [6.45, 7) is -0.214. The number of halogens is 1. The van der Waals surface area contributed by atoms with Crippen molar-refractivity contribution in [2.45, 2.75) is 35.9 Å². The predicted octanol–water partition coefficient (Wildman–Crippen LogP) is 1.85. The minimum atomic E-state index is -3.59. The third-order valence-corrected chi connectivity index (χ3v) is 6.47. The van der Waals surface area contributed by atoms with Gasteiger partial charge in [-0.1, -0.05) is 12.8 Å². The minimum Gasteiger partial charge on any atom is -0.352 e. The SMILES string of the molecule is O=C(CNS(=O)(=O)c1ccc(Br)s1)NC1CCCC1. The van der Waals surface area contributed by atoms with Crippen molar-refractivity contribution >= 4 is 43.2 Å². The van der Waals surface area contributed by atoms with Crippen LogP contribution in [0.25, 0.3) is 0 Å². The molecule has 106 valence electrons. The first-order valence-electron chi connectivity index (χ1n) is 6.02. The van der Waals surface area contributed by atoms with E-state index in [1.165, 1.54) is 6.07 Å². The number of carbonyl (C=O) groups is 1. The number of amides is 1. The second-order valence-electron chi connectivity index (χ2n) is 4.43. The van der Waals surface area contributed by atoms with Crippen LogP contribution in [0.3, 0.4) is 0 Å². The summed E-state index contributed by atoms with van der Waals surface area (Å²) in [6, 6.07) is 3.37. The molecule has 1 amide bonds. The van der Waals surface area contributed by atoms with E-state index in [0.29, 0.717) is 0 Å². The summed E-state index contributed by atoms with van der Waals surface area (Å²) in [7, 11) is -3.59. The van der Waals surface area contributed by atoms with Crippen molar-refractivity contribution in [3.63, 3.8) is 0 Å². The summed E-state index contributed by atoms with van der Waals surface area (Å²) in [5.74, 6) is -0.272. The van der Waals surface area contributed by atoms with E-state index in [4.69, 9.17) is 0 Å². The molecule has 1 aromatic rings. The van der Waals surface area contributed by atoms with Crippen LogP contribution in [0.1, 0.15) is 25.7 Å². The van der Waals surface area contributed by atoms with Gasteiger partial charge in [0.25, 0.3) is 10.0 Å². The number of carbonyl (C=O) groups excluding carboxylic acids is 1. The highest BCUT2D eigenvalue weighted by atomic mass is 79.9. The van der Waals surface area contributed by atoms with E-state index >= 15 is 0 Å². The van der Waals surface area contributed by atoms with Gasteiger partial charge in [0.15, 0.2) is 0 Å². The minimum absolute atomic E-state index is 0.202. The lowest BCUT2D eigenvalue weighted by Crippen LogP contribution is -2.40. The largest absolute Gasteiger partial charge is 0.352 e. The van der Waals surface area contributed by atoms with Crippen molar-refractivity contribution in [3.8, 4) is 0 Å². The molecule has 0 saturated heterocycles. The molecule has 1 aliphatic rings. The average Bonchev–Trinajstić information content (AvgIpc) is 2.98. The van der Waals surface area contributed by atoms with Gasteiger partial charge in [-0.15, -0.1) is 11.3 Å². The van der Waals surface area contributed by atoms with Crippen LogP contribution in [-0.4, -0.2) is 26.9 Å². The molecule has 0 bridgehead atoms. The highest BCUT2D eigenvalue weighted by molar-refractivity contribution is 9.11.